The molecule has 3 N–H and O–H groups in total. The summed E-state index contributed by atoms with van der Waals surface area (Å²) in [5.41, 5.74) is -3.03. The normalized spacial score (nSPS) is 12.2. The molecule has 0 aliphatic heterocycles. The zero-order valence-corrected chi connectivity index (χ0v) is 18.0. The number of H-pyrrole nitrogens is 1. The van der Waals surface area contributed by atoms with Crippen LogP contribution in [0.1, 0.15) is 36.5 Å². The molecule has 2 amide bonds. The average Bonchev–Trinajstić information content (AvgIpc) is 3.15. The van der Waals surface area contributed by atoms with Crippen molar-refractivity contribution in [3.05, 3.63) is 53.2 Å². The van der Waals surface area contributed by atoms with Crippen LogP contribution in [0.2, 0.25) is 0 Å². The van der Waals surface area contributed by atoms with Gasteiger partial charge < -0.3 is 20.4 Å². The van der Waals surface area contributed by atoms with Crippen molar-refractivity contribution in [3.63, 3.8) is 0 Å². The Morgan fingerprint density at radius 3 is 2.03 bits per heavy atom. The average molecular weight is 487 g/mol. The van der Waals surface area contributed by atoms with Crippen molar-refractivity contribution >= 4 is 28.4 Å². The quantitative estimate of drug-likeness (QED) is 0.321. The van der Waals surface area contributed by atoms with Crippen molar-refractivity contribution in [1.29, 1.82) is 0 Å². The number of aromatic nitrogens is 1. The lowest BCUT2D eigenvalue weighted by Gasteiger charge is -2.21. The van der Waals surface area contributed by atoms with Crippen molar-refractivity contribution in [2.75, 3.05) is 12.4 Å². The Hall–Kier alpha value is -3.70. The summed E-state index contributed by atoms with van der Waals surface area (Å²) in [5, 5.41) is 4.41. The van der Waals surface area contributed by atoms with Crippen molar-refractivity contribution < 1.29 is 40.7 Å². The first-order valence-electron chi connectivity index (χ1n) is 9.86. The van der Waals surface area contributed by atoms with Crippen molar-refractivity contribution in [1.82, 2.24) is 10.3 Å². The molecule has 0 fully saturated rings. The molecule has 0 saturated carbocycles. The number of carbonyl (C=O) groups is 2. The summed E-state index contributed by atoms with van der Waals surface area (Å²) in [6.07, 6.45) is -8.85. The molecule has 0 radical (unpaired) electrons. The van der Waals surface area contributed by atoms with E-state index in [9.17, 15) is 35.9 Å². The van der Waals surface area contributed by atoms with Gasteiger partial charge in [-0.1, -0.05) is 13.8 Å². The Morgan fingerprint density at radius 1 is 0.941 bits per heavy atom. The van der Waals surface area contributed by atoms with E-state index >= 15 is 0 Å². The Labute approximate surface area is 189 Å². The van der Waals surface area contributed by atoms with E-state index < -0.39 is 46.7 Å². The first-order chi connectivity index (χ1) is 15.7. The van der Waals surface area contributed by atoms with E-state index in [0.29, 0.717) is 5.52 Å². The third-order valence-corrected chi connectivity index (χ3v) is 4.92. The van der Waals surface area contributed by atoms with E-state index in [1.807, 2.05) is 19.2 Å². The van der Waals surface area contributed by atoms with Crippen LogP contribution in [0.3, 0.4) is 0 Å². The lowest BCUT2D eigenvalue weighted by molar-refractivity contribution is -0.145. The number of alkyl halides is 6. The summed E-state index contributed by atoms with van der Waals surface area (Å²) in [4.78, 5) is 26.0. The molecule has 0 bridgehead atoms. The van der Waals surface area contributed by atoms with Gasteiger partial charge in [-0.25, -0.2) is 0 Å². The molecule has 182 valence electrons. The molecule has 0 unspecified atom stereocenters. The van der Waals surface area contributed by atoms with Gasteiger partial charge in [-0.05, 0) is 35.7 Å². The maximum absolute atomic E-state index is 13.8. The number of carbonyl (C=O) groups excluding carboxylic acids is 2. The zero-order valence-electron chi connectivity index (χ0n) is 18.0. The Bertz CT molecular complexity index is 1210. The topological polar surface area (TPSA) is 83.2 Å². The van der Waals surface area contributed by atoms with Gasteiger partial charge in [0.25, 0.3) is 0 Å². The van der Waals surface area contributed by atoms with Gasteiger partial charge in [0.15, 0.2) is 5.75 Å². The van der Waals surface area contributed by atoms with E-state index in [-0.39, 0.29) is 23.8 Å². The highest BCUT2D eigenvalue weighted by Gasteiger charge is 2.43. The van der Waals surface area contributed by atoms with Crippen LogP contribution in [0.15, 0.2) is 36.5 Å². The van der Waals surface area contributed by atoms with Gasteiger partial charge >= 0.3 is 24.2 Å². The van der Waals surface area contributed by atoms with Gasteiger partial charge in [0.1, 0.15) is 16.9 Å². The number of amides is 2. The Kier molecular flexibility index (Phi) is 6.54. The summed E-state index contributed by atoms with van der Waals surface area (Å²) >= 11 is 0. The number of fused-ring (bicyclic) bond motifs is 1. The summed E-state index contributed by atoms with van der Waals surface area (Å²) in [6, 6.07) is 4.65. The first-order valence-corrected chi connectivity index (χ1v) is 9.86. The fourth-order valence-electron chi connectivity index (χ4n) is 3.32. The summed E-state index contributed by atoms with van der Waals surface area (Å²) in [5.74, 6) is -4.29. The van der Waals surface area contributed by atoms with Crippen LogP contribution in [-0.2, 0) is 21.9 Å². The van der Waals surface area contributed by atoms with E-state index in [2.05, 4.69) is 4.98 Å². The molecule has 0 atom stereocenters. The zero-order chi connectivity index (χ0) is 25.4. The van der Waals surface area contributed by atoms with E-state index in [0.717, 1.165) is 18.0 Å². The smallest absolute Gasteiger partial charge is 0.420 e. The predicted molar refractivity (Wildman–Crippen MR) is 112 cm³/mol. The van der Waals surface area contributed by atoms with Gasteiger partial charge in [-0.15, -0.1) is 0 Å². The van der Waals surface area contributed by atoms with E-state index in [4.69, 9.17) is 4.74 Å². The number of hydrogen-bond acceptors (Lipinski definition) is 3. The van der Waals surface area contributed by atoms with Crippen LogP contribution in [0.4, 0.5) is 32.0 Å². The molecule has 34 heavy (non-hydrogen) atoms. The Morgan fingerprint density at radius 2 is 1.53 bits per heavy atom. The predicted octanol–water partition coefficient (Wildman–Crippen LogP) is 5.81. The maximum Gasteiger partial charge on any atom is 0.420 e. The maximum atomic E-state index is 13.8. The monoisotopic (exact) mass is 487 g/mol. The van der Waals surface area contributed by atoms with Gasteiger partial charge in [-0.2, -0.15) is 26.3 Å². The summed E-state index contributed by atoms with van der Waals surface area (Å²) in [6.45, 7) is 3.87. The minimum atomic E-state index is -5.27. The van der Waals surface area contributed by atoms with Crippen LogP contribution >= 0.6 is 0 Å². The molecule has 0 aliphatic rings. The molecular formula is C22H19F6N3O3. The van der Waals surface area contributed by atoms with E-state index in [1.165, 1.54) is 18.2 Å². The SMILES string of the molecule is CNC(=O)C(=O)Nc1cc(C(F)(F)F)c(Oc2ccc3c(C(C)C)c[nH]c3c2)c(C(F)(F)F)c1. The molecule has 1 aromatic heterocycles. The van der Waals surface area contributed by atoms with E-state index in [1.54, 1.807) is 11.5 Å². The van der Waals surface area contributed by atoms with Crippen molar-refractivity contribution in [3.8, 4) is 11.5 Å². The lowest BCUT2D eigenvalue weighted by Crippen LogP contribution is -2.32. The number of rotatable bonds is 4. The second-order valence-electron chi connectivity index (χ2n) is 7.64. The number of benzene rings is 2. The molecule has 0 saturated heterocycles. The number of halogens is 6. The molecule has 1 heterocycles. The highest BCUT2D eigenvalue weighted by atomic mass is 19.4. The Balaban J connectivity index is 2.14. The second kappa shape index (κ2) is 8.92. The van der Waals surface area contributed by atoms with Crippen LogP contribution in [0.25, 0.3) is 10.9 Å². The standard InChI is InChI=1S/C22H19F6N3O3/c1-10(2)14-9-30-17-8-12(4-5-13(14)17)34-18-15(21(23,24)25)6-11(7-16(18)22(26,27)28)31-20(33)19(32)29-3/h4-10,30H,1-3H3,(H,29,32)(H,31,33). The highest BCUT2D eigenvalue weighted by Crippen LogP contribution is 2.47. The molecule has 2 aromatic carbocycles. The number of hydrogen-bond donors (Lipinski definition) is 3. The largest absolute Gasteiger partial charge is 0.456 e. The molecule has 0 spiro atoms. The highest BCUT2D eigenvalue weighted by molar-refractivity contribution is 6.39. The van der Waals surface area contributed by atoms with Crippen LogP contribution in [-0.4, -0.2) is 23.8 Å². The third-order valence-electron chi connectivity index (χ3n) is 4.92. The molecule has 3 aromatic rings. The number of nitrogens with one attached hydrogen (secondary N) is 3. The van der Waals surface area contributed by atoms with Crippen LogP contribution in [0, 0.1) is 0 Å². The number of aromatic amines is 1. The van der Waals surface area contributed by atoms with Gasteiger partial charge in [0.2, 0.25) is 0 Å². The lowest BCUT2D eigenvalue weighted by atomic mass is 10.0. The third kappa shape index (κ3) is 5.10. The van der Waals surface area contributed by atoms with Gasteiger partial charge in [0, 0.05) is 35.9 Å². The fourth-order valence-corrected chi connectivity index (χ4v) is 3.32. The van der Waals surface area contributed by atoms with Gasteiger partial charge in [-0.3, -0.25) is 9.59 Å². The first kappa shape index (κ1) is 24.9. The molecule has 6 nitrogen and oxygen atoms in total. The molecular weight excluding hydrogens is 468 g/mol. The second-order valence-corrected chi connectivity index (χ2v) is 7.64. The minimum Gasteiger partial charge on any atom is -0.456 e. The number of likely N-dealkylation sites (N-methyl/N-ethyl adjacent to an activating group) is 1. The molecule has 12 heteroatoms. The molecule has 0 aliphatic carbocycles. The van der Waals surface area contributed by atoms with Crippen molar-refractivity contribution in [2.24, 2.45) is 0 Å². The fraction of sp³-hybridized carbons (Fsp3) is 0.273. The minimum absolute atomic E-state index is 0.131. The summed E-state index contributed by atoms with van der Waals surface area (Å²) in [7, 11) is 1.08. The number of anilines is 1. The van der Waals surface area contributed by atoms with Crippen LogP contribution < -0.4 is 15.4 Å². The summed E-state index contributed by atoms with van der Waals surface area (Å²) < 4.78 is 87.7. The van der Waals surface area contributed by atoms with Crippen molar-refractivity contribution in [2.45, 2.75) is 32.1 Å². The van der Waals surface area contributed by atoms with Crippen LogP contribution in [0.5, 0.6) is 11.5 Å². The number of ether oxygens (including phenoxy) is 1. The molecule has 3 rings (SSSR count). The van der Waals surface area contributed by atoms with Gasteiger partial charge in [0.05, 0.1) is 0 Å².